The van der Waals surface area contributed by atoms with Gasteiger partial charge in [-0.25, -0.2) is 14.1 Å². The molecule has 1 spiro atoms. The zero-order valence-electron chi connectivity index (χ0n) is 15.2. The molecular weight excluding hydrogens is 333 g/mol. The third kappa shape index (κ3) is 3.11. The van der Waals surface area contributed by atoms with E-state index >= 15 is 0 Å². The van der Waals surface area contributed by atoms with Crippen LogP contribution in [0.3, 0.4) is 0 Å². The number of carbonyl (C=O) groups is 2. The number of nitrogens with one attached hydrogen (secondary N) is 1. The van der Waals surface area contributed by atoms with Gasteiger partial charge in [-0.05, 0) is 49.3 Å². The van der Waals surface area contributed by atoms with Crippen molar-refractivity contribution in [2.24, 2.45) is 5.92 Å². The average molecular weight is 359 g/mol. The van der Waals surface area contributed by atoms with E-state index in [-0.39, 0.29) is 23.7 Å². The van der Waals surface area contributed by atoms with Crippen molar-refractivity contribution in [1.82, 2.24) is 15.1 Å². The molecule has 0 bridgehead atoms. The molecule has 6 heteroatoms. The molecule has 2 atom stereocenters. The summed E-state index contributed by atoms with van der Waals surface area (Å²) in [6.07, 6.45) is 5.95. The molecule has 140 valence electrons. The van der Waals surface area contributed by atoms with E-state index in [4.69, 9.17) is 0 Å². The highest BCUT2D eigenvalue weighted by atomic mass is 19.1. The molecule has 26 heavy (non-hydrogen) atoms. The van der Waals surface area contributed by atoms with Crippen LogP contribution in [0.25, 0.3) is 0 Å². The Bertz CT molecular complexity index is 704. The lowest BCUT2D eigenvalue weighted by molar-refractivity contribution is -0.135. The van der Waals surface area contributed by atoms with Crippen LogP contribution in [0.2, 0.25) is 0 Å². The molecule has 1 N–H and O–H groups in total. The molecule has 0 aromatic heterocycles. The van der Waals surface area contributed by atoms with Crippen molar-refractivity contribution in [3.8, 4) is 0 Å². The Morgan fingerprint density at radius 2 is 1.92 bits per heavy atom. The smallest absolute Gasteiger partial charge is 0.323 e. The monoisotopic (exact) mass is 359 g/mol. The van der Waals surface area contributed by atoms with Crippen molar-refractivity contribution in [3.63, 3.8) is 0 Å². The highest BCUT2D eigenvalue weighted by Gasteiger charge is 2.55. The topological polar surface area (TPSA) is 52.7 Å². The molecule has 1 aromatic rings. The molecule has 3 fully saturated rings. The second-order valence-electron chi connectivity index (χ2n) is 8.03. The molecule has 3 aliphatic rings. The highest BCUT2D eigenvalue weighted by molar-refractivity contribution is 6.07. The summed E-state index contributed by atoms with van der Waals surface area (Å²) in [5.74, 6) is -0.155. The van der Waals surface area contributed by atoms with Crippen LogP contribution in [0.1, 0.15) is 51.0 Å². The second kappa shape index (κ2) is 6.65. The molecular formula is C20H26FN3O2. The number of halogens is 1. The SMILES string of the molecule is C[C@@H]1CCCC[C@]12NC(=O)N(CN(Cc1ccc(F)cc1)C1CC1)C2=O. The first-order valence-electron chi connectivity index (χ1n) is 9.62. The Balaban J connectivity index is 1.50. The van der Waals surface area contributed by atoms with Crippen LogP contribution in [-0.2, 0) is 11.3 Å². The Kier molecular flexibility index (Phi) is 4.47. The maximum atomic E-state index is 13.1. The van der Waals surface area contributed by atoms with Gasteiger partial charge in [-0.15, -0.1) is 0 Å². The van der Waals surface area contributed by atoms with Crippen molar-refractivity contribution in [2.75, 3.05) is 6.67 Å². The second-order valence-corrected chi connectivity index (χ2v) is 8.03. The Labute approximate surface area is 153 Å². The summed E-state index contributed by atoms with van der Waals surface area (Å²) >= 11 is 0. The number of amides is 3. The predicted molar refractivity (Wildman–Crippen MR) is 95.6 cm³/mol. The zero-order chi connectivity index (χ0) is 18.3. The predicted octanol–water partition coefficient (Wildman–Crippen LogP) is 3.25. The van der Waals surface area contributed by atoms with E-state index in [1.165, 1.54) is 17.0 Å². The highest BCUT2D eigenvalue weighted by Crippen LogP contribution is 2.39. The van der Waals surface area contributed by atoms with Crippen molar-refractivity contribution >= 4 is 11.9 Å². The summed E-state index contributed by atoms with van der Waals surface area (Å²) in [6.45, 7) is 2.99. The number of carbonyl (C=O) groups excluding carboxylic acids is 2. The minimum atomic E-state index is -0.708. The molecule has 1 saturated heterocycles. The maximum Gasteiger partial charge on any atom is 0.326 e. The van der Waals surface area contributed by atoms with E-state index in [1.54, 1.807) is 12.1 Å². The summed E-state index contributed by atoms with van der Waals surface area (Å²) in [4.78, 5) is 29.3. The van der Waals surface area contributed by atoms with Crippen LogP contribution in [0.4, 0.5) is 9.18 Å². The summed E-state index contributed by atoms with van der Waals surface area (Å²) in [7, 11) is 0. The Hall–Kier alpha value is -1.95. The van der Waals surface area contributed by atoms with Gasteiger partial charge < -0.3 is 5.32 Å². The quantitative estimate of drug-likeness (QED) is 0.821. The lowest BCUT2D eigenvalue weighted by atomic mass is 9.73. The fourth-order valence-electron chi connectivity index (χ4n) is 4.36. The van der Waals surface area contributed by atoms with E-state index in [9.17, 15) is 14.0 Å². The van der Waals surface area contributed by atoms with E-state index in [2.05, 4.69) is 17.1 Å². The lowest BCUT2D eigenvalue weighted by Gasteiger charge is -2.37. The van der Waals surface area contributed by atoms with Gasteiger partial charge in [0.05, 0.1) is 6.67 Å². The number of rotatable bonds is 5. The van der Waals surface area contributed by atoms with Gasteiger partial charge in [0.1, 0.15) is 11.4 Å². The molecule has 0 radical (unpaired) electrons. The van der Waals surface area contributed by atoms with Crippen LogP contribution in [0.15, 0.2) is 24.3 Å². The van der Waals surface area contributed by atoms with Gasteiger partial charge in [-0.2, -0.15) is 0 Å². The first kappa shape index (κ1) is 17.5. The fourth-order valence-corrected chi connectivity index (χ4v) is 4.36. The van der Waals surface area contributed by atoms with Gasteiger partial charge in [0, 0.05) is 12.6 Å². The van der Waals surface area contributed by atoms with Gasteiger partial charge in [0.15, 0.2) is 0 Å². The van der Waals surface area contributed by atoms with Crippen LogP contribution >= 0.6 is 0 Å². The van der Waals surface area contributed by atoms with E-state index < -0.39 is 5.54 Å². The first-order valence-corrected chi connectivity index (χ1v) is 9.62. The number of hydrogen-bond acceptors (Lipinski definition) is 3. The third-order valence-electron chi connectivity index (χ3n) is 6.19. The van der Waals surface area contributed by atoms with Crippen LogP contribution in [0, 0.1) is 11.7 Å². The molecule has 2 aliphatic carbocycles. The fraction of sp³-hybridized carbons (Fsp3) is 0.600. The summed E-state index contributed by atoms with van der Waals surface area (Å²) in [5.41, 5.74) is 0.284. The van der Waals surface area contributed by atoms with Gasteiger partial charge >= 0.3 is 6.03 Å². The summed E-state index contributed by atoms with van der Waals surface area (Å²) in [5, 5.41) is 3.02. The van der Waals surface area contributed by atoms with Gasteiger partial charge in [-0.1, -0.05) is 31.9 Å². The molecule has 1 aliphatic heterocycles. The lowest BCUT2D eigenvalue weighted by Crippen LogP contribution is -2.54. The average Bonchev–Trinajstić information content (AvgIpc) is 3.43. The maximum absolute atomic E-state index is 13.1. The number of nitrogens with zero attached hydrogens (tertiary/aromatic N) is 2. The number of urea groups is 1. The molecule has 4 rings (SSSR count). The summed E-state index contributed by atoms with van der Waals surface area (Å²) < 4.78 is 13.1. The molecule has 5 nitrogen and oxygen atoms in total. The van der Waals surface area contributed by atoms with Crippen molar-refractivity contribution < 1.29 is 14.0 Å². The van der Waals surface area contributed by atoms with Crippen LogP contribution in [0.5, 0.6) is 0 Å². The molecule has 3 amide bonds. The van der Waals surface area contributed by atoms with E-state index in [0.717, 1.165) is 44.1 Å². The van der Waals surface area contributed by atoms with Gasteiger partial charge in [0.25, 0.3) is 5.91 Å². The summed E-state index contributed by atoms with van der Waals surface area (Å²) in [6, 6.07) is 6.55. The minimum Gasteiger partial charge on any atom is -0.323 e. The van der Waals surface area contributed by atoms with Crippen LogP contribution in [-0.4, -0.2) is 40.0 Å². The third-order valence-corrected chi connectivity index (χ3v) is 6.19. The Morgan fingerprint density at radius 3 is 2.58 bits per heavy atom. The minimum absolute atomic E-state index is 0.0699. The van der Waals surface area contributed by atoms with Crippen molar-refractivity contribution in [3.05, 3.63) is 35.6 Å². The zero-order valence-corrected chi connectivity index (χ0v) is 15.2. The number of imide groups is 1. The number of hydrogen-bond donors (Lipinski definition) is 1. The van der Waals surface area contributed by atoms with Crippen molar-refractivity contribution in [1.29, 1.82) is 0 Å². The number of benzene rings is 1. The first-order chi connectivity index (χ1) is 12.5. The van der Waals surface area contributed by atoms with Crippen molar-refractivity contribution in [2.45, 2.75) is 63.6 Å². The normalized spacial score (nSPS) is 28.9. The molecule has 0 unspecified atom stereocenters. The molecule has 1 heterocycles. The van der Waals surface area contributed by atoms with Gasteiger partial charge in [-0.3, -0.25) is 9.69 Å². The van der Waals surface area contributed by atoms with Crippen LogP contribution < -0.4 is 5.32 Å². The van der Waals surface area contributed by atoms with Gasteiger partial charge in [0.2, 0.25) is 0 Å². The Morgan fingerprint density at radius 1 is 1.19 bits per heavy atom. The molecule has 1 aromatic carbocycles. The standard InChI is InChI=1S/C20H26FN3O2/c1-14-4-2-3-11-20(14)18(25)24(19(26)22-20)13-23(17-9-10-17)12-15-5-7-16(21)8-6-15/h5-8,14,17H,2-4,9-13H2,1H3,(H,22,26)/t14-,20+/m1/s1. The van der Waals surface area contributed by atoms with E-state index in [0.29, 0.717) is 19.3 Å². The molecule has 2 saturated carbocycles. The van der Waals surface area contributed by atoms with E-state index in [1.807, 2.05) is 0 Å². The largest absolute Gasteiger partial charge is 0.326 e.